The van der Waals surface area contributed by atoms with Crippen molar-refractivity contribution in [2.45, 2.75) is 25.4 Å². The van der Waals surface area contributed by atoms with E-state index in [1.807, 2.05) is 0 Å². The standard InChI is InChI=1S/C8H12F2O2/c1-2-3-7(11)4-5-12-6-8(9)10/h1,7-8,11H,3-6H2. The Balaban J connectivity index is 3.15. The van der Waals surface area contributed by atoms with Gasteiger partial charge in [0.15, 0.2) is 0 Å². The Morgan fingerprint density at radius 3 is 2.67 bits per heavy atom. The van der Waals surface area contributed by atoms with E-state index < -0.39 is 19.1 Å². The number of rotatable bonds is 6. The van der Waals surface area contributed by atoms with Gasteiger partial charge in [-0.25, -0.2) is 8.78 Å². The van der Waals surface area contributed by atoms with E-state index in [0.717, 1.165) is 0 Å². The van der Waals surface area contributed by atoms with E-state index in [4.69, 9.17) is 11.5 Å². The van der Waals surface area contributed by atoms with E-state index >= 15 is 0 Å². The van der Waals surface area contributed by atoms with Gasteiger partial charge in [0.2, 0.25) is 0 Å². The van der Waals surface area contributed by atoms with Crippen LogP contribution in [0.25, 0.3) is 0 Å². The molecule has 12 heavy (non-hydrogen) atoms. The molecule has 1 N–H and O–H groups in total. The molecule has 0 saturated carbocycles. The molecule has 0 aliphatic carbocycles. The molecule has 1 unspecified atom stereocenters. The van der Waals surface area contributed by atoms with Crippen molar-refractivity contribution in [2.75, 3.05) is 13.2 Å². The topological polar surface area (TPSA) is 29.5 Å². The second-order valence-corrected chi connectivity index (χ2v) is 2.32. The molecule has 0 rings (SSSR count). The van der Waals surface area contributed by atoms with Crippen LogP contribution in [0.4, 0.5) is 8.78 Å². The Kier molecular flexibility index (Phi) is 6.63. The summed E-state index contributed by atoms with van der Waals surface area (Å²) in [6.07, 6.45) is 2.35. The number of terminal acetylenes is 1. The SMILES string of the molecule is C#CCC(O)CCOCC(F)F. The molecule has 0 aromatic rings. The van der Waals surface area contributed by atoms with Gasteiger partial charge in [0.1, 0.15) is 6.61 Å². The Morgan fingerprint density at radius 1 is 1.50 bits per heavy atom. The van der Waals surface area contributed by atoms with E-state index in [1.54, 1.807) is 0 Å². The molecule has 0 aromatic heterocycles. The fraction of sp³-hybridized carbons (Fsp3) is 0.750. The van der Waals surface area contributed by atoms with Crippen molar-refractivity contribution in [3.05, 3.63) is 0 Å². The molecular weight excluding hydrogens is 166 g/mol. The van der Waals surface area contributed by atoms with Crippen molar-refractivity contribution in [2.24, 2.45) is 0 Å². The van der Waals surface area contributed by atoms with E-state index in [9.17, 15) is 8.78 Å². The smallest absolute Gasteiger partial charge is 0.261 e. The average molecular weight is 178 g/mol. The van der Waals surface area contributed by atoms with Crippen LogP contribution < -0.4 is 0 Å². The van der Waals surface area contributed by atoms with Crippen LogP contribution in [0.3, 0.4) is 0 Å². The highest BCUT2D eigenvalue weighted by Crippen LogP contribution is 1.98. The van der Waals surface area contributed by atoms with Crippen LogP contribution in [-0.4, -0.2) is 30.8 Å². The van der Waals surface area contributed by atoms with Gasteiger partial charge in [-0.15, -0.1) is 12.3 Å². The average Bonchev–Trinajstić information content (AvgIpc) is 1.98. The number of aliphatic hydroxyl groups excluding tert-OH is 1. The molecule has 2 nitrogen and oxygen atoms in total. The van der Waals surface area contributed by atoms with Gasteiger partial charge < -0.3 is 9.84 Å². The molecule has 0 radical (unpaired) electrons. The number of halogens is 2. The van der Waals surface area contributed by atoms with Crippen LogP contribution >= 0.6 is 0 Å². The molecular formula is C8H12F2O2. The highest BCUT2D eigenvalue weighted by molar-refractivity contribution is 4.86. The fourth-order valence-corrected chi connectivity index (χ4v) is 0.630. The van der Waals surface area contributed by atoms with Crippen LogP contribution in [0, 0.1) is 12.3 Å². The quantitative estimate of drug-likeness (QED) is 0.486. The van der Waals surface area contributed by atoms with E-state index in [-0.39, 0.29) is 13.0 Å². The molecule has 0 fully saturated rings. The molecule has 1 atom stereocenters. The summed E-state index contributed by atoms with van der Waals surface area (Å²) in [6.45, 7) is -0.462. The van der Waals surface area contributed by atoms with Crippen LogP contribution in [0.1, 0.15) is 12.8 Å². The molecule has 70 valence electrons. The zero-order valence-corrected chi connectivity index (χ0v) is 6.67. The second-order valence-electron chi connectivity index (χ2n) is 2.32. The van der Waals surface area contributed by atoms with Gasteiger partial charge in [-0.1, -0.05) is 0 Å². The van der Waals surface area contributed by atoms with Gasteiger partial charge in [0.05, 0.1) is 6.10 Å². The maximum atomic E-state index is 11.5. The third-order valence-electron chi connectivity index (χ3n) is 1.19. The van der Waals surface area contributed by atoms with Gasteiger partial charge in [0, 0.05) is 13.0 Å². The predicted octanol–water partition coefficient (Wildman–Crippen LogP) is 1.04. The maximum Gasteiger partial charge on any atom is 0.261 e. The summed E-state index contributed by atoms with van der Waals surface area (Å²) in [5.41, 5.74) is 0. The lowest BCUT2D eigenvalue weighted by atomic mass is 10.2. The number of hydrogen-bond donors (Lipinski definition) is 1. The fourth-order valence-electron chi connectivity index (χ4n) is 0.630. The minimum atomic E-state index is -2.45. The first kappa shape index (κ1) is 11.3. The first-order valence-corrected chi connectivity index (χ1v) is 3.64. The third-order valence-corrected chi connectivity index (χ3v) is 1.19. The number of alkyl halides is 2. The summed E-state index contributed by atoms with van der Waals surface area (Å²) in [4.78, 5) is 0. The van der Waals surface area contributed by atoms with Gasteiger partial charge in [-0.2, -0.15) is 0 Å². The molecule has 0 saturated heterocycles. The number of aliphatic hydroxyl groups is 1. The van der Waals surface area contributed by atoms with Crippen molar-refractivity contribution in [1.29, 1.82) is 0 Å². The van der Waals surface area contributed by atoms with Crippen molar-refractivity contribution in [1.82, 2.24) is 0 Å². The van der Waals surface area contributed by atoms with E-state index in [2.05, 4.69) is 10.7 Å². The lowest BCUT2D eigenvalue weighted by molar-refractivity contribution is 0.00557. The largest absolute Gasteiger partial charge is 0.392 e. The minimum absolute atomic E-state index is 0.118. The minimum Gasteiger partial charge on any atom is -0.392 e. The molecule has 0 amide bonds. The molecule has 0 spiro atoms. The summed E-state index contributed by atoms with van der Waals surface area (Å²) in [7, 11) is 0. The van der Waals surface area contributed by atoms with Crippen molar-refractivity contribution in [3.8, 4) is 12.3 Å². The third kappa shape index (κ3) is 7.45. The van der Waals surface area contributed by atoms with E-state index in [1.165, 1.54) is 0 Å². The summed E-state index contributed by atoms with van der Waals surface area (Å²) in [5.74, 6) is 2.26. The van der Waals surface area contributed by atoms with Crippen LogP contribution in [0.2, 0.25) is 0 Å². The van der Waals surface area contributed by atoms with Crippen molar-refractivity contribution in [3.63, 3.8) is 0 Å². The summed E-state index contributed by atoms with van der Waals surface area (Å²) in [6, 6.07) is 0. The Labute approximate surface area is 70.5 Å². The Morgan fingerprint density at radius 2 is 2.17 bits per heavy atom. The van der Waals surface area contributed by atoms with Gasteiger partial charge in [-0.3, -0.25) is 0 Å². The van der Waals surface area contributed by atoms with Gasteiger partial charge in [-0.05, 0) is 6.42 Å². The Hall–Kier alpha value is -0.660. The Bertz CT molecular complexity index is 142. The predicted molar refractivity (Wildman–Crippen MR) is 40.9 cm³/mol. The molecule has 0 heterocycles. The highest BCUT2D eigenvalue weighted by atomic mass is 19.3. The normalized spacial score (nSPS) is 12.9. The highest BCUT2D eigenvalue weighted by Gasteiger charge is 2.04. The maximum absolute atomic E-state index is 11.5. The summed E-state index contributed by atoms with van der Waals surface area (Å²) in [5, 5.41) is 9.00. The number of ether oxygens (including phenoxy) is 1. The molecule has 4 heteroatoms. The molecule has 0 aliphatic heterocycles. The lowest BCUT2D eigenvalue weighted by Gasteiger charge is -2.06. The monoisotopic (exact) mass is 178 g/mol. The van der Waals surface area contributed by atoms with Crippen molar-refractivity contribution < 1.29 is 18.6 Å². The zero-order valence-electron chi connectivity index (χ0n) is 6.67. The summed E-state index contributed by atoms with van der Waals surface area (Å²) < 4.78 is 27.5. The van der Waals surface area contributed by atoms with Crippen LogP contribution in [-0.2, 0) is 4.74 Å². The molecule has 0 bridgehead atoms. The second kappa shape index (κ2) is 7.01. The first-order valence-electron chi connectivity index (χ1n) is 3.64. The molecule has 0 aliphatic rings. The summed E-state index contributed by atoms with van der Waals surface area (Å²) >= 11 is 0. The van der Waals surface area contributed by atoms with Gasteiger partial charge >= 0.3 is 0 Å². The van der Waals surface area contributed by atoms with Crippen LogP contribution in [0.5, 0.6) is 0 Å². The van der Waals surface area contributed by atoms with Crippen LogP contribution in [0.15, 0.2) is 0 Å². The number of hydrogen-bond acceptors (Lipinski definition) is 2. The lowest BCUT2D eigenvalue weighted by Crippen LogP contribution is -2.12. The first-order chi connectivity index (χ1) is 5.66. The van der Waals surface area contributed by atoms with E-state index in [0.29, 0.717) is 6.42 Å². The van der Waals surface area contributed by atoms with Crippen molar-refractivity contribution >= 4 is 0 Å². The van der Waals surface area contributed by atoms with Gasteiger partial charge in [0.25, 0.3) is 6.43 Å². The zero-order chi connectivity index (χ0) is 9.40. The molecule has 0 aromatic carbocycles.